The number of hydrogen-bond acceptors (Lipinski definition) is 8. The summed E-state index contributed by atoms with van der Waals surface area (Å²) in [5, 5.41) is 0.633. The van der Waals surface area contributed by atoms with Crippen LogP contribution in [0.2, 0.25) is 5.02 Å². The van der Waals surface area contributed by atoms with E-state index in [2.05, 4.69) is 21.5 Å². The molecule has 212 valence electrons. The minimum absolute atomic E-state index is 0.0735. The van der Waals surface area contributed by atoms with Crippen molar-refractivity contribution in [1.82, 2.24) is 29.4 Å². The summed E-state index contributed by atoms with van der Waals surface area (Å²) in [7, 11) is 0. The highest BCUT2D eigenvalue weighted by molar-refractivity contribution is 6.33. The number of benzene rings is 1. The molecule has 12 heteroatoms. The lowest BCUT2D eigenvalue weighted by atomic mass is 10.1. The highest BCUT2D eigenvalue weighted by Crippen LogP contribution is 2.36. The third-order valence-electron chi connectivity index (χ3n) is 7.30. The number of carbonyl (C=O) groups is 1. The fourth-order valence-corrected chi connectivity index (χ4v) is 5.53. The van der Waals surface area contributed by atoms with Gasteiger partial charge in [-0.25, -0.2) is 28.7 Å². The van der Waals surface area contributed by atoms with Crippen molar-refractivity contribution in [2.75, 3.05) is 23.7 Å². The zero-order chi connectivity index (χ0) is 29.6. The molecule has 0 radical (unpaired) electrons. The zero-order valence-corrected chi connectivity index (χ0v) is 23.9. The minimum atomic E-state index is -0.658. The maximum atomic E-state index is 14.9. The Balaban J connectivity index is 1.83. The third kappa shape index (κ3) is 4.90. The maximum absolute atomic E-state index is 14.9. The number of carbonyl (C=O) groups excluding carboxylic acids is 1. The van der Waals surface area contributed by atoms with Crippen LogP contribution < -0.4 is 16.3 Å². The monoisotopic (exact) mass is 576 g/mol. The molecule has 10 nitrogen and oxygen atoms in total. The quantitative estimate of drug-likeness (QED) is 0.348. The maximum Gasteiger partial charge on any atom is 0.356 e. The van der Waals surface area contributed by atoms with Crippen LogP contribution in [0.1, 0.15) is 39.3 Å². The van der Waals surface area contributed by atoms with Crippen molar-refractivity contribution in [3.8, 4) is 16.9 Å². The van der Waals surface area contributed by atoms with E-state index in [4.69, 9.17) is 22.3 Å². The number of piperazine rings is 1. The van der Waals surface area contributed by atoms with Gasteiger partial charge in [-0.3, -0.25) is 4.79 Å². The first-order valence-electron chi connectivity index (χ1n) is 13.2. The number of rotatable bonds is 5. The van der Waals surface area contributed by atoms with Crippen LogP contribution in [0.3, 0.4) is 0 Å². The summed E-state index contributed by atoms with van der Waals surface area (Å²) in [6, 6.07) is 7.37. The number of pyridine rings is 1. The molecule has 41 heavy (non-hydrogen) atoms. The molecule has 1 aromatic carbocycles. The molecule has 1 fully saturated rings. The molecule has 0 bridgehead atoms. The lowest BCUT2D eigenvalue weighted by Crippen LogP contribution is -2.58. The second kappa shape index (κ2) is 10.9. The van der Waals surface area contributed by atoms with Crippen molar-refractivity contribution < 1.29 is 9.18 Å². The summed E-state index contributed by atoms with van der Waals surface area (Å²) in [6.07, 6.45) is 2.63. The summed E-state index contributed by atoms with van der Waals surface area (Å²) in [5.74, 6) is -0.379. The Morgan fingerprint density at radius 2 is 1.90 bits per heavy atom. The van der Waals surface area contributed by atoms with E-state index in [0.717, 1.165) is 0 Å². The number of nitrogens with two attached hydrogens (primary N) is 1. The van der Waals surface area contributed by atoms with Crippen LogP contribution in [0.15, 0.2) is 54.1 Å². The van der Waals surface area contributed by atoms with E-state index in [9.17, 15) is 14.0 Å². The van der Waals surface area contributed by atoms with Crippen molar-refractivity contribution in [2.24, 2.45) is 0 Å². The van der Waals surface area contributed by atoms with Crippen LogP contribution in [0, 0.1) is 5.82 Å². The number of fused-ring (bicyclic) bond motifs is 1. The van der Waals surface area contributed by atoms with Crippen molar-refractivity contribution in [3.63, 3.8) is 0 Å². The number of nitrogens with zero attached hydrogens (tertiary/aromatic N) is 7. The lowest BCUT2D eigenvalue weighted by molar-refractivity contribution is -0.128. The predicted molar refractivity (Wildman–Crippen MR) is 158 cm³/mol. The second-order valence-corrected chi connectivity index (χ2v) is 10.8. The number of halogens is 2. The first-order valence-corrected chi connectivity index (χ1v) is 13.6. The highest BCUT2D eigenvalue weighted by Gasteiger charge is 2.34. The lowest BCUT2D eigenvalue weighted by Gasteiger charge is -2.44. The molecular weight excluding hydrogens is 547 g/mol. The Bertz CT molecular complexity index is 1740. The summed E-state index contributed by atoms with van der Waals surface area (Å²) in [5.41, 5.74) is 6.96. The van der Waals surface area contributed by atoms with E-state index in [1.807, 2.05) is 32.6 Å². The van der Waals surface area contributed by atoms with Gasteiger partial charge in [0.05, 0.1) is 21.8 Å². The predicted octanol–water partition coefficient (Wildman–Crippen LogP) is 4.35. The number of hydrogen-bond donors (Lipinski definition) is 1. The van der Waals surface area contributed by atoms with Gasteiger partial charge in [0.1, 0.15) is 23.6 Å². The number of aromatic nitrogens is 5. The Labute approximate surface area is 241 Å². The largest absolute Gasteiger partial charge is 0.382 e. The summed E-state index contributed by atoms with van der Waals surface area (Å²) >= 11 is 6.74. The average Bonchev–Trinajstić information content (AvgIpc) is 2.94. The van der Waals surface area contributed by atoms with Crippen LogP contribution in [-0.2, 0) is 4.79 Å². The second-order valence-electron chi connectivity index (χ2n) is 10.4. The van der Waals surface area contributed by atoms with Crippen molar-refractivity contribution in [3.05, 3.63) is 76.3 Å². The molecule has 2 N–H and O–H groups in total. The molecule has 1 aliphatic heterocycles. The number of amides is 1. The smallest absolute Gasteiger partial charge is 0.356 e. The fraction of sp³-hybridized carbons (Fsp3) is 0.310. The first-order chi connectivity index (χ1) is 19.5. The van der Waals surface area contributed by atoms with Gasteiger partial charge in [0.2, 0.25) is 5.91 Å². The van der Waals surface area contributed by atoms with E-state index in [-0.39, 0.29) is 57.3 Å². The molecule has 2 atom stereocenters. The van der Waals surface area contributed by atoms with Crippen LogP contribution in [0.4, 0.5) is 16.0 Å². The van der Waals surface area contributed by atoms with E-state index in [1.165, 1.54) is 23.0 Å². The fourth-order valence-electron chi connectivity index (χ4n) is 5.27. The topological polar surface area (TPSA) is 123 Å². The van der Waals surface area contributed by atoms with Gasteiger partial charge in [0.15, 0.2) is 11.5 Å². The Morgan fingerprint density at radius 3 is 2.59 bits per heavy atom. The van der Waals surface area contributed by atoms with Crippen LogP contribution in [0.25, 0.3) is 28.0 Å². The summed E-state index contributed by atoms with van der Waals surface area (Å²) < 4.78 is 16.2. The van der Waals surface area contributed by atoms with E-state index < -0.39 is 11.5 Å². The average molecular weight is 577 g/mol. The third-order valence-corrected chi connectivity index (χ3v) is 7.58. The van der Waals surface area contributed by atoms with E-state index in [1.54, 1.807) is 29.2 Å². The molecule has 1 amide bonds. The van der Waals surface area contributed by atoms with Crippen molar-refractivity contribution in [2.45, 2.75) is 45.7 Å². The Kier molecular flexibility index (Phi) is 7.48. The van der Waals surface area contributed by atoms with Crippen LogP contribution >= 0.6 is 11.6 Å². The van der Waals surface area contributed by atoms with Gasteiger partial charge in [-0.15, -0.1) is 0 Å². The molecule has 1 saturated heterocycles. The molecule has 3 aromatic heterocycles. The number of anilines is 2. The molecule has 0 saturated carbocycles. The van der Waals surface area contributed by atoms with Gasteiger partial charge < -0.3 is 15.5 Å². The number of nitrogen functional groups attached to an aromatic ring is 1. The van der Waals surface area contributed by atoms with Crippen LogP contribution in [0.5, 0.6) is 0 Å². The molecule has 0 spiro atoms. The molecule has 2 unspecified atom stereocenters. The normalized spacial score (nSPS) is 17.3. The van der Waals surface area contributed by atoms with Gasteiger partial charge in [-0.05, 0) is 44.0 Å². The highest BCUT2D eigenvalue weighted by atomic mass is 35.5. The molecule has 4 heterocycles. The van der Waals surface area contributed by atoms with Crippen molar-refractivity contribution in [1.29, 1.82) is 0 Å². The Morgan fingerprint density at radius 1 is 1.17 bits per heavy atom. The molecule has 4 aromatic rings. The van der Waals surface area contributed by atoms with Gasteiger partial charge in [-0.1, -0.05) is 44.2 Å². The van der Waals surface area contributed by atoms with Gasteiger partial charge in [0.25, 0.3) is 0 Å². The van der Waals surface area contributed by atoms with E-state index >= 15 is 0 Å². The SMILES string of the molecule is C=CC(=O)N1CC(C)N(c2nc(=O)n(-c3c(N)ncnc3C(C)C)c3nc(-c4ccccc4F)c(Cl)cc23)CC1C. The van der Waals surface area contributed by atoms with Gasteiger partial charge in [-0.2, -0.15) is 4.98 Å². The zero-order valence-electron chi connectivity index (χ0n) is 23.2. The molecule has 0 aliphatic carbocycles. The van der Waals surface area contributed by atoms with Gasteiger partial charge in [0, 0.05) is 30.7 Å². The minimum Gasteiger partial charge on any atom is -0.382 e. The molecule has 5 rings (SSSR count). The first kappa shape index (κ1) is 28.2. The van der Waals surface area contributed by atoms with Crippen LogP contribution in [-0.4, -0.2) is 60.5 Å². The molecular formula is C29H30ClFN8O2. The summed E-state index contributed by atoms with van der Waals surface area (Å²) in [6.45, 7) is 12.1. The van der Waals surface area contributed by atoms with Crippen molar-refractivity contribution >= 4 is 40.2 Å². The molecule has 1 aliphatic rings. The van der Waals surface area contributed by atoms with E-state index in [0.29, 0.717) is 30.0 Å². The standard InChI is InChI=1S/C29H30ClFN8O2/c1-6-22(40)37-12-17(5)38(13-16(37)4)27-19-11-20(30)24(18-9-7-8-10-21(18)31)35-28(19)39(29(41)36-27)25-23(15(2)3)33-14-34-26(25)32/h6-11,14-17H,1,12-13H2,2-5H3,(H2,32,33,34). The summed E-state index contributed by atoms with van der Waals surface area (Å²) in [4.78, 5) is 47.9. The van der Waals surface area contributed by atoms with Gasteiger partial charge >= 0.3 is 5.69 Å². The Hall–Kier alpha value is -4.38.